The van der Waals surface area contributed by atoms with Crippen LogP contribution < -0.4 is 0 Å². The molecule has 0 aliphatic carbocycles. The van der Waals surface area contributed by atoms with Crippen LogP contribution in [0.25, 0.3) is 0 Å². The van der Waals surface area contributed by atoms with Crippen molar-refractivity contribution in [2.45, 2.75) is 0 Å². The van der Waals surface area contributed by atoms with Crippen molar-refractivity contribution >= 4 is 23.2 Å². The Hall–Kier alpha value is 0.120. The van der Waals surface area contributed by atoms with Gasteiger partial charge in [-0.2, -0.15) is 0 Å². The van der Waals surface area contributed by atoms with Gasteiger partial charge < -0.3 is 4.90 Å². The molecule has 0 N–H and O–H groups in total. The van der Waals surface area contributed by atoms with Crippen molar-refractivity contribution in [3.05, 3.63) is 10.7 Å². The van der Waals surface area contributed by atoms with E-state index in [-0.39, 0.29) is 0 Å². The van der Waals surface area contributed by atoms with Gasteiger partial charge in [0.25, 0.3) is 0 Å². The van der Waals surface area contributed by atoms with Crippen LogP contribution in [0.1, 0.15) is 0 Å². The van der Waals surface area contributed by atoms with E-state index in [4.69, 9.17) is 23.2 Å². The van der Waals surface area contributed by atoms with Crippen LogP contribution in [-0.2, 0) is 0 Å². The maximum Gasteiger partial charge on any atom is 0.115 e. The van der Waals surface area contributed by atoms with E-state index < -0.39 is 0 Å². The third kappa shape index (κ3) is 2.77. The summed E-state index contributed by atoms with van der Waals surface area (Å²) in [6.07, 6.45) is 0. The highest BCUT2D eigenvalue weighted by atomic mass is 35.5. The Morgan fingerprint density at radius 3 is 2.00 bits per heavy atom. The molecule has 0 saturated heterocycles. The molecule has 0 amide bonds. The monoisotopic (exact) mass is 139 g/mol. The fourth-order valence-electron chi connectivity index (χ4n) is 0.0976. The Kier molecular flexibility index (Phi) is 3.22. The van der Waals surface area contributed by atoms with E-state index in [1.54, 1.807) is 4.90 Å². The summed E-state index contributed by atoms with van der Waals surface area (Å²) < 4.78 is 0. The highest BCUT2D eigenvalue weighted by molar-refractivity contribution is 6.36. The van der Waals surface area contributed by atoms with E-state index in [1.807, 2.05) is 14.1 Å². The summed E-state index contributed by atoms with van der Waals surface area (Å²) in [7, 11) is 3.64. The van der Waals surface area contributed by atoms with E-state index in [0.29, 0.717) is 5.16 Å². The average molecular weight is 140 g/mol. The Bertz CT molecular complexity index is 77.8. The van der Waals surface area contributed by atoms with Gasteiger partial charge >= 0.3 is 0 Å². The molecule has 0 bridgehead atoms. The molecule has 7 heavy (non-hydrogen) atoms. The summed E-state index contributed by atoms with van der Waals surface area (Å²) in [5.41, 5.74) is 1.32. The zero-order valence-corrected chi connectivity index (χ0v) is 5.79. The molecule has 0 saturated carbocycles. The second-order valence-electron chi connectivity index (χ2n) is 1.33. The first-order chi connectivity index (χ1) is 3.18. The molecule has 3 heteroatoms. The van der Waals surface area contributed by atoms with Crippen LogP contribution in [0.15, 0.2) is 10.7 Å². The Morgan fingerprint density at radius 1 is 1.57 bits per heavy atom. The normalized spacial score (nSPS) is 11.7. The van der Waals surface area contributed by atoms with Crippen molar-refractivity contribution in [3.8, 4) is 0 Å². The van der Waals surface area contributed by atoms with Crippen LogP contribution in [0.3, 0.4) is 0 Å². The van der Waals surface area contributed by atoms with Crippen molar-refractivity contribution in [3.63, 3.8) is 0 Å². The van der Waals surface area contributed by atoms with E-state index in [1.165, 1.54) is 5.54 Å². The van der Waals surface area contributed by atoms with Crippen LogP contribution in [0.4, 0.5) is 0 Å². The minimum atomic E-state index is 0.543. The lowest BCUT2D eigenvalue weighted by atomic mass is 10.8. The molecule has 0 aromatic carbocycles. The zero-order chi connectivity index (χ0) is 5.86. The maximum atomic E-state index is 5.46. The first-order valence-corrected chi connectivity index (χ1v) is 2.63. The van der Waals surface area contributed by atoms with Crippen molar-refractivity contribution in [1.29, 1.82) is 0 Å². The fraction of sp³-hybridized carbons (Fsp3) is 0.500. The van der Waals surface area contributed by atoms with E-state index in [9.17, 15) is 0 Å². The highest BCUT2D eigenvalue weighted by Crippen LogP contribution is 2.03. The van der Waals surface area contributed by atoms with Crippen molar-refractivity contribution in [1.82, 2.24) is 4.90 Å². The zero-order valence-electron chi connectivity index (χ0n) is 4.28. The van der Waals surface area contributed by atoms with Gasteiger partial charge in [0.1, 0.15) is 5.16 Å². The number of hydrogen-bond acceptors (Lipinski definition) is 1. The summed E-state index contributed by atoms with van der Waals surface area (Å²) in [6.45, 7) is 0. The van der Waals surface area contributed by atoms with Crippen LogP contribution >= 0.6 is 23.2 Å². The lowest BCUT2D eigenvalue weighted by molar-refractivity contribution is 0.548. The SMILES string of the molecule is CN(C)/C(Cl)=C\Cl. The second kappa shape index (κ2) is 3.16. The Labute approximate surface area is 53.5 Å². The Morgan fingerprint density at radius 2 is 2.00 bits per heavy atom. The van der Waals surface area contributed by atoms with Crippen LogP contribution in [0.2, 0.25) is 0 Å². The summed E-state index contributed by atoms with van der Waals surface area (Å²) >= 11 is 10.7. The highest BCUT2D eigenvalue weighted by Gasteiger charge is 1.87. The van der Waals surface area contributed by atoms with Gasteiger partial charge in [-0.3, -0.25) is 0 Å². The van der Waals surface area contributed by atoms with E-state index >= 15 is 0 Å². The Balaban J connectivity index is 3.56. The number of hydrogen-bond donors (Lipinski definition) is 0. The molecule has 0 aliphatic heterocycles. The van der Waals surface area contributed by atoms with E-state index in [2.05, 4.69) is 0 Å². The first-order valence-electron chi connectivity index (χ1n) is 1.81. The summed E-state index contributed by atoms with van der Waals surface area (Å²) in [5.74, 6) is 0. The average Bonchev–Trinajstić information content (AvgIpc) is 1.65. The molecule has 42 valence electrons. The largest absolute Gasteiger partial charge is 0.368 e. The first kappa shape index (κ1) is 7.12. The minimum Gasteiger partial charge on any atom is -0.368 e. The quantitative estimate of drug-likeness (QED) is 0.502. The third-order valence-corrected chi connectivity index (χ3v) is 1.28. The molecule has 0 spiro atoms. The third-order valence-electron chi connectivity index (χ3n) is 0.517. The van der Waals surface area contributed by atoms with Gasteiger partial charge in [0, 0.05) is 19.6 Å². The van der Waals surface area contributed by atoms with Gasteiger partial charge in [-0.15, -0.1) is 0 Å². The maximum absolute atomic E-state index is 5.46. The lowest BCUT2D eigenvalue weighted by Crippen LogP contribution is -2.04. The molecule has 0 radical (unpaired) electrons. The van der Waals surface area contributed by atoms with Crippen LogP contribution in [0, 0.1) is 0 Å². The molecule has 0 aromatic heterocycles. The predicted molar refractivity (Wildman–Crippen MR) is 33.5 cm³/mol. The number of nitrogens with zero attached hydrogens (tertiary/aromatic N) is 1. The van der Waals surface area contributed by atoms with E-state index in [0.717, 1.165) is 0 Å². The molecule has 0 fully saturated rings. The fourth-order valence-corrected chi connectivity index (χ4v) is 0.293. The molecule has 0 rings (SSSR count). The molecule has 0 atom stereocenters. The predicted octanol–water partition coefficient (Wildman–Crippen LogP) is 1.82. The molecule has 0 aliphatic rings. The van der Waals surface area contributed by atoms with Crippen molar-refractivity contribution in [2.75, 3.05) is 14.1 Å². The minimum absolute atomic E-state index is 0.543. The van der Waals surface area contributed by atoms with Gasteiger partial charge in [-0.05, 0) is 0 Å². The topological polar surface area (TPSA) is 3.24 Å². The molecule has 0 aromatic rings. The molecule has 0 heterocycles. The number of halogens is 2. The van der Waals surface area contributed by atoms with Crippen molar-refractivity contribution in [2.24, 2.45) is 0 Å². The second-order valence-corrected chi connectivity index (χ2v) is 1.93. The van der Waals surface area contributed by atoms with Crippen LogP contribution in [0.5, 0.6) is 0 Å². The summed E-state index contributed by atoms with van der Waals surface area (Å²) in [5, 5.41) is 0.543. The molecular formula is C4H7Cl2N. The molecule has 0 unspecified atom stereocenters. The standard InChI is InChI=1S/C4H7Cl2N/c1-7(2)4(6)3-5/h3H,1-2H3/b4-3-. The smallest absolute Gasteiger partial charge is 0.115 e. The lowest BCUT2D eigenvalue weighted by Gasteiger charge is -2.06. The molecular weight excluding hydrogens is 133 g/mol. The van der Waals surface area contributed by atoms with Crippen molar-refractivity contribution < 1.29 is 0 Å². The van der Waals surface area contributed by atoms with Gasteiger partial charge in [-0.25, -0.2) is 0 Å². The summed E-state index contributed by atoms with van der Waals surface area (Å²) in [6, 6.07) is 0. The summed E-state index contributed by atoms with van der Waals surface area (Å²) in [4.78, 5) is 1.72. The van der Waals surface area contributed by atoms with Gasteiger partial charge in [0.2, 0.25) is 0 Å². The number of rotatable bonds is 1. The van der Waals surface area contributed by atoms with Gasteiger partial charge in [0.15, 0.2) is 0 Å². The van der Waals surface area contributed by atoms with Gasteiger partial charge in [-0.1, -0.05) is 23.2 Å². The van der Waals surface area contributed by atoms with Gasteiger partial charge in [0.05, 0.1) is 0 Å². The van der Waals surface area contributed by atoms with Crippen LogP contribution in [-0.4, -0.2) is 19.0 Å². The molecule has 1 nitrogen and oxygen atoms in total.